The lowest BCUT2D eigenvalue weighted by atomic mass is 10.2. The van der Waals surface area contributed by atoms with Crippen LogP contribution in [-0.4, -0.2) is 10.9 Å². The molecule has 1 amide bonds. The second kappa shape index (κ2) is 6.58. The number of hydrogen-bond donors (Lipinski definition) is 1. The number of carbonyl (C=O) groups excluding carboxylic acids is 1. The number of nitrogens with zero attached hydrogens (tertiary/aromatic N) is 1. The first-order chi connectivity index (χ1) is 10.8. The SMILES string of the molecule is O=C(Nc1ncccc1OCc1ccccc1)c1ccco1. The van der Waals surface area contributed by atoms with Crippen molar-refractivity contribution in [2.24, 2.45) is 0 Å². The molecule has 0 spiro atoms. The van der Waals surface area contributed by atoms with E-state index in [9.17, 15) is 4.79 Å². The summed E-state index contributed by atoms with van der Waals surface area (Å²) in [5, 5.41) is 2.68. The second-order valence-corrected chi connectivity index (χ2v) is 4.56. The highest BCUT2D eigenvalue weighted by Gasteiger charge is 2.13. The largest absolute Gasteiger partial charge is 0.485 e. The number of nitrogens with one attached hydrogen (secondary N) is 1. The molecule has 0 atom stereocenters. The Morgan fingerprint density at radius 2 is 1.95 bits per heavy atom. The number of furan rings is 1. The molecule has 0 aliphatic carbocycles. The van der Waals surface area contributed by atoms with E-state index in [1.165, 1.54) is 6.26 Å². The van der Waals surface area contributed by atoms with Gasteiger partial charge in [-0.2, -0.15) is 0 Å². The van der Waals surface area contributed by atoms with Crippen molar-refractivity contribution >= 4 is 11.7 Å². The highest BCUT2D eigenvalue weighted by Crippen LogP contribution is 2.22. The van der Waals surface area contributed by atoms with Crippen LogP contribution in [0.25, 0.3) is 0 Å². The number of amides is 1. The fraction of sp³-hybridized carbons (Fsp3) is 0.0588. The van der Waals surface area contributed by atoms with E-state index in [4.69, 9.17) is 9.15 Å². The first-order valence-electron chi connectivity index (χ1n) is 6.79. The number of pyridine rings is 1. The molecule has 0 unspecified atom stereocenters. The Hall–Kier alpha value is -3.08. The zero-order chi connectivity index (χ0) is 15.2. The molecule has 3 rings (SSSR count). The van der Waals surface area contributed by atoms with E-state index in [0.29, 0.717) is 18.2 Å². The third-order valence-electron chi connectivity index (χ3n) is 2.98. The molecule has 0 saturated carbocycles. The van der Waals surface area contributed by atoms with Crippen LogP contribution in [0.5, 0.6) is 5.75 Å². The van der Waals surface area contributed by atoms with E-state index in [0.717, 1.165) is 5.56 Å². The maximum Gasteiger partial charge on any atom is 0.292 e. The van der Waals surface area contributed by atoms with Gasteiger partial charge < -0.3 is 14.5 Å². The Bertz CT molecular complexity index is 740. The van der Waals surface area contributed by atoms with Crippen LogP contribution in [0.2, 0.25) is 0 Å². The van der Waals surface area contributed by atoms with E-state index in [2.05, 4.69) is 10.3 Å². The summed E-state index contributed by atoms with van der Waals surface area (Å²) in [7, 11) is 0. The quantitative estimate of drug-likeness (QED) is 0.782. The van der Waals surface area contributed by atoms with Gasteiger partial charge in [0.1, 0.15) is 6.61 Å². The van der Waals surface area contributed by atoms with Crippen LogP contribution in [0.15, 0.2) is 71.5 Å². The molecule has 0 fully saturated rings. The molecule has 1 N–H and O–H groups in total. The Morgan fingerprint density at radius 1 is 1.09 bits per heavy atom. The summed E-state index contributed by atoms with van der Waals surface area (Å²) >= 11 is 0. The van der Waals surface area contributed by atoms with Crippen LogP contribution in [0.3, 0.4) is 0 Å². The van der Waals surface area contributed by atoms with Crippen molar-refractivity contribution in [3.8, 4) is 5.75 Å². The molecule has 0 aliphatic rings. The van der Waals surface area contributed by atoms with Crippen molar-refractivity contribution in [3.63, 3.8) is 0 Å². The van der Waals surface area contributed by atoms with Gasteiger partial charge in [-0.05, 0) is 29.8 Å². The van der Waals surface area contributed by atoms with Crippen LogP contribution in [0.1, 0.15) is 16.1 Å². The van der Waals surface area contributed by atoms with Gasteiger partial charge in [-0.1, -0.05) is 30.3 Å². The molecule has 110 valence electrons. The highest BCUT2D eigenvalue weighted by molar-refractivity contribution is 6.02. The molecule has 3 aromatic rings. The fourth-order valence-corrected chi connectivity index (χ4v) is 1.91. The summed E-state index contributed by atoms with van der Waals surface area (Å²) in [6, 6.07) is 16.5. The second-order valence-electron chi connectivity index (χ2n) is 4.56. The van der Waals surface area contributed by atoms with Crippen LogP contribution in [0, 0.1) is 0 Å². The van der Waals surface area contributed by atoms with E-state index in [-0.39, 0.29) is 11.7 Å². The summed E-state index contributed by atoms with van der Waals surface area (Å²) in [5.41, 5.74) is 1.04. The van der Waals surface area contributed by atoms with Crippen molar-refractivity contribution in [2.75, 3.05) is 5.32 Å². The molecule has 0 bridgehead atoms. The lowest BCUT2D eigenvalue weighted by Gasteiger charge is -2.10. The molecule has 2 heterocycles. The Labute approximate surface area is 127 Å². The lowest BCUT2D eigenvalue weighted by Crippen LogP contribution is -2.13. The van der Waals surface area contributed by atoms with Crippen LogP contribution in [0.4, 0.5) is 5.82 Å². The predicted molar refractivity (Wildman–Crippen MR) is 81.7 cm³/mol. The van der Waals surface area contributed by atoms with Crippen molar-refractivity contribution in [2.45, 2.75) is 6.61 Å². The smallest absolute Gasteiger partial charge is 0.292 e. The Morgan fingerprint density at radius 3 is 2.73 bits per heavy atom. The predicted octanol–water partition coefficient (Wildman–Crippen LogP) is 3.51. The summed E-state index contributed by atoms with van der Waals surface area (Å²) in [4.78, 5) is 16.1. The maximum atomic E-state index is 12.0. The molecule has 0 radical (unpaired) electrons. The first kappa shape index (κ1) is 13.9. The number of ether oxygens (including phenoxy) is 1. The summed E-state index contributed by atoms with van der Waals surface area (Å²) in [6.45, 7) is 0.399. The van der Waals surface area contributed by atoms with Crippen LogP contribution < -0.4 is 10.1 Å². The standard InChI is InChI=1S/C17H14N2O3/c20-17(15-9-5-11-21-15)19-16-14(8-4-10-18-16)22-12-13-6-2-1-3-7-13/h1-11H,12H2,(H,18,19,20). The lowest BCUT2D eigenvalue weighted by molar-refractivity contribution is 0.0995. The van der Waals surface area contributed by atoms with E-state index < -0.39 is 0 Å². The van der Waals surface area contributed by atoms with Gasteiger partial charge in [0.15, 0.2) is 17.3 Å². The van der Waals surface area contributed by atoms with Gasteiger partial charge in [-0.25, -0.2) is 4.98 Å². The highest BCUT2D eigenvalue weighted by atomic mass is 16.5. The zero-order valence-electron chi connectivity index (χ0n) is 11.7. The third kappa shape index (κ3) is 3.32. The van der Waals surface area contributed by atoms with Gasteiger partial charge in [0.25, 0.3) is 5.91 Å². The maximum absolute atomic E-state index is 12.0. The Balaban J connectivity index is 1.71. The molecule has 22 heavy (non-hydrogen) atoms. The summed E-state index contributed by atoms with van der Waals surface area (Å²) in [5.74, 6) is 0.721. The van der Waals surface area contributed by atoms with Gasteiger partial charge >= 0.3 is 0 Å². The summed E-state index contributed by atoms with van der Waals surface area (Å²) < 4.78 is 10.8. The molecule has 0 aliphatic heterocycles. The zero-order valence-corrected chi connectivity index (χ0v) is 11.7. The minimum absolute atomic E-state index is 0.222. The molecule has 5 nitrogen and oxygen atoms in total. The van der Waals surface area contributed by atoms with E-state index in [1.807, 2.05) is 30.3 Å². The number of carbonyl (C=O) groups is 1. The minimum Gasteiger partial charge on any atom is -0.485 e. The molecule has 5 heteroatoms. The van der Waals surface area contributed by atoms with Gasteiger partial charge in [0.2, 0.25) is 0 Å². The van der Waals surface area contributed by atoms with Gasteiger partial charge in [0, 0.05) is 6.20 Å². The third-order valence-corrected chi connectivity index (χ3v) is 2.98. The average Bonchev–Trinajstić information content (AvgIpc) is 3.10. The van der Waals surface area contributed by atoms with Crippen molar-refractivity contribution in [1.29, 1.82) is 0 Å². The first-order valence-corrected chi connectivity index (χ1v) is 6.79. The van der Waals surface area contributed by atoms with Crippen molar-refractivity contribution in [3.05, 3.63) is 78.4 Å². The molecule has 0 saturated heterocycles. The molecular weight excluding hydrogens is 280 g/mol. The van der Waals surface area contributed by atoms with Crippen molar-refractivity contribution < 1.29 is 13.9 Å². The van der Waals surface area contributed by atoms with Crippen molar-refractivity contribution in [1.82, 2.24) is 4.98 Å². The number of aromatic nitrogens is 1. The number of anilines is 1. The Kier molecular flexibility index (Phi) is 4.15. The molecule has 1 aromatic carbocycles. The van der Waals surface area contributed by atoms with Gasteiger partial charge in [0.05, 0.1) is 6.26 Å². The van der Waals surface area contributed by atoms with E-state index >= 15 is 0 Å². The van der Waals surface area contributed by atoms with Gasteiger partial charge in [-0.15, -0.1) is 0 Å². The fourth-order valence-electron chi connectivity index (χ4n) is 1.91. The topological polar surface area (TPSA) is 64.4 Å². The normalized spacial score (nSPS) is 10.2. The number of rotatable bonds is 5. The monoisotopic (exact) mass is 294 g/mol. The van der Waals surface area contributed by atoms with Crippen LogP contribution in [-0.2, 0) is 6.61 Å². The number of benzene rings is 1. The van der Waals surface area contributed by atoms with E-state index in [1.54, 1.807) is 30.5 Å². The molecule has 2 aromatic heterocycles. The molecular formula is C17H14N2O3. The van der Waals surface area contributed by atoms with Gasteiger partial charge in [-0.3, -0.25) is 4.79 Å². The van der Waals surface area contributed by atoms with Crippen LogP contribution >= 0.6 is 0 Å². The minimum atomic E-state index is -0.367. The number of hydrogen-bond acceptors (Lipinski definition) is 4. The summed E-state index contributed by atoms with van der Waals surface area (Å²) in [6.07, 6.45) is 3.03. The average molecular weight is 294 g/mol.